The molecule has 2 saturated heterocycles. The van der Waals surface area contributed by atoms with Gasteiger partial charge in [0.2, 0.25) is 0 Å². The molecule has 3 fully saturated rings. The second kappa shape index (κ2) is 5.85. The third-order valence-corrected chi connectivity index (χ3v) is 6.77. The van der Waals surface area contributed by atoms with Gasteiger partial charge < -0.3 is 5.11 Å². The van der Waals surface area contributed by atoms with Crippen molar-refractivity contribution in [3.05, 3.63) is 54.6 Å². The van der Waals surface area contributed by atoms with Gasteiger partial charge in [-0.05, 0) is 49.8 Å². The highest BCUT2D eigenvalue weighted by Gasteiger charge is 2.60. The van der Waals surface area contributed by atoms with Gasteiger partial charge in [0, 0.05) is 23.7 Å². The summed E-state index contributed by atoms with van der Waals surface area (Å²) in [4.78, 5) is 16.5. The third kappa shape index (κ3) is 2.36. The molecule has 5 rings (SSSR count). The lowest BCUT2D eigenvalue weighted by molar-refractivity contribution is 0.122. The maximum atomic E-state index is 12.3. The highest BCUT2D eigenvalue weighted by atomic mass is 16.4. The van der Waals surface area contributed by atoms with Gasteiger partial charge in [-0.1, -0.05) is 48.5 Å². The third-order valence-electron chi connectivity index (χ3n) is 6.77. The fourth-order valence-electron chi connectivity index (χ4n) is 5.52. The molecule has 3 aliphatic rings. The number of piperidine rings is 2. The van der Waals surface area contributed by atoms with Gasteiger partial charge in [-0.2, -0.15) is 0 Å². The summed E-state index contributed by atoms with van der Waals surface area (Å²) in [6, 6.07) is 19.2. The van der Waals surface area contributed by atoms with E-state index in [2.05, 4.69) is 11.9 Å². The highest BCUT2D eigenvalue weighted by Crippen LogP contribution is 2.58. The van der Waals surface area contributed by atoms with Crippen molar-refractivity contribution in [3.63, 3.8) is 0 Å². The van der Waals surface area contributed by atoms with E-state index < -0.39 is 6.09 Å². The summed E-state index contributed by atoms with van der Waals surface area (Å²) in [5.41, 5.74) is 2.87. The van der Waals surface area contributed by atoms with Crippen molar-refractivity contribution in [3.8, 4) is 11.1 Å². The Kier molecular flexibility index (Phi) is 3.57. The van der Waals surface area contributed by atoms with Crippen molar-refractivity contribution in [2.45, 2.75) is 37.4 Å². The second-order valence-corrected chi connectivity index (χ2v) is 8.02. The second-order valence-electron chi connectivity index (χ2n) is 8.02. The largest absolute Gasteiger partial charge is 0.465 e. The molecule has 2 aromatic carbocycles. The van der Waals surface area contributed by atoms with Crippen molar-refractivity contribution in [2.75, 3.05) is 11.9 Å². The average Bonchev–Trinajstić information content (AvgIpc) is 3.41. The van der Waals surface area contributed by atoms with Gasteiger partial charge >= 0.3 is 6.09 Å². The normalized spacial score (nSPS) is 32.1. The number of anilines is 1. The van der Waals surface area contributed by atoms with E-state index >= 15 is 0 Å². The van der Waals surface area contributed by atoms with Crippen LogP contribution in [0.15, 0.2) is 54.6 Å². The zero-order valence-electron chi connectivity index (χ0n) is 15.0. The smallest absolute Gasteiger partial charge is 0.412 e. The number of carboxylic acid groups (broad SMARTS) is 1. The topological polar surface area (TPSA) is 43.8 Å². The van der Waals surface area contributed by atoms with E-state index in [1.807, 2.05) is 54.6 Å². The molecule has 1 saturated carbocycles. The van der Waals surface area contributed by atoms with E-state index in [1.165, 1.54) is 6.42 Å². The molecule has 26 heavy (non-hydrogen) atoms. The van der Waals surface area contributed by atoms with Crippen LogP contribution in [0.1, 0.15) is 19.3 Å². The summed E-state index contributed by atoms with van der Waals surface area (Å²) < 4.78 is 0. The van der Waals surface area contributed by atoms with Gasteiger partial charge in [0.25, 0.3) is 0 Å². The zero-order chi connectivity index (χ0) is 17.8. The summed E-state index contributed by atoms with van der Waals surface area (Å²) in [5.74, 6) is 1.60. The van der Waals surface area contributed by atoms with Crippen LogP contribution < -0.4 is 4.90 Å². The van der Waals surface area contributed by atoms with Crippen LogP contribution in [0, 0.1) is 11.8 Å². The minimum atomic E-state index is -0.837. The number of benzene rings is 2. The number of amides is 1. The number of hydrogen-bond donors (Lipinski definition) is 1. The van der Waals surface area contributed by atoms with Crippen LogP contribution in [0.4, 0.5) is 10.5 Å². The molecule has 1 amide bonds. The number of carbonyl (C=O) groups is 1. The van der Waals surface area contributed by atoms with Crippen LogP contribution in [-0.4, -0.2) is 41.3 Å². The van der Waals surface area contributed by atoms with E-state index in [1.54, 1.807) is 4.90 Å². The molecule has 4 heteroatoms. The van der Waals surface area contributed by atoms with Gasteiger partial charge in [-0.3, -0.25) is 9.80 Å². The average molecular weight is 348 g/mol. The van der Waals surface area contributed by atoms with Crippen LogP contribution in [0.3, 0.4) is 0 Å². The minimum Gasteiger partial charge on any atom is -0.465 e. The molecule has 0 spiro atoms. The molecule has 0 aromatic heterocycles. The zero-order valence-corrected chi connectivity index (χ0v) is 15.0. The first-order chi connectivity index (χ1) is 12.6. The van der Waals surface area contributed by atoms with E-state index in [9.17, 15) is 9.90 Å². The Morgan fingerprint density at radius 3 is 2.23 bits per heavy atom. The quantitative estimate of drug-likeness (QED) is 0.898. The van der Waals surface area contributed by atoms with E-state index in [0.717, 1.165) is 41.5 Å². The Bertz CT molecular complexity index is 819. The summed E-state index contributed by atoms with van der Waals surface area (Å²) in [6.45, 7) is 0. The molecule has 134 valence electrons. The molecule has 2 aliphatic heterocycles. The standard InChI is InChI=1S/C22H24N2O2/c1-23-20-11-15(12-21(23)18-13-17(18)20)24(22(25)26)19-10-6-5-9-16(19)14-7-3-2-4-8-14/h2-10,15,17-18,20-21H,11-13H2,1H3,(H,25,26). The van der Waals surface area contributed by atoms with Crippen molar-refractivity contribution in [1.29, 1.82) is 0 Å². The lowest BCUT2D eigenvalue weighted by Crippen LogP contribution is -2.52. The van der Waals surface area contributed by atoms with Crippen LogP contribution in [0.2, 0.25) is 0 Å². The highest BCUT2D eigenvalue weighted by molar-refractivity contribution is 5.93. The molecule has 2 bridgehead atoms. The first-order valence-electron chi connectivity index (χ1n) is 9.53. The van der Waals surface area contributed by atoms with Crippen LogP contribution >= 0.6 is 0 Å². The SMILES string of the molecule is CN1C2CC(N(C(=O)O)c3ccccc3-c3ccccc3)CC1C1CC12. The Morgan fingerprint density at radius 2 is 1.58 bits per heavy atom. The van der Waals surface area contributed by atoms with Crippen molar-refractivity contribution in [2.24, 2.45) is 11.8 Å². The van der Waals surface area contributed by atoms with Gasteiger partial charge in [-0.15, -0.1) is 0 Å². The van der Waals surface area contributed by atoms with Crippen LogP contribution in [-0.2, 0) is 0 Å². The summed E-state index contributed by atoms with van der Waals surface area (Å²) in [6.07, 6.45) is 2.41. The molecule has 1 N–H and O–H groups in total. The molecule has 4 nitrogen and oxygen atoms in total. The molecular formula is C22H24N2O2. The van der Waals surface area contributed by atoms with Crippen molar-refractivity contribution in [1.82, 2.24) is 4.90 Å². The number of fused-ring (bicyclic) bond motifs is 5. The van der Waals surface area contributed by atoms with E-state index in [-0.39, 0.29) is 6.04 Å². The minimum absolute atomic E-state index is 0.0661. The Labute approximate surface area is 154 Å². The molecule has 2 heterocycles. The van der Waals surface area contributed by atoms with Crippen LogP contribution in [0.5, 0.6) is 0 Å². The Balaban J connectivity index is 1.53. The van der Waals surface area contributed by atoms with Gasteiger partial charge in [-0.25, -0.2) is 4.79 Å². The summed E-state index contributed by atoms with van der Waals surface area (Å²) >= 11 is 0. The maximum absolute atomic E-state index is 12.3. The van der Waals surface area contributed by atoms with E-state index in [4.69, 9.17) is 0 Å². The monoisotopic (exact) mass is 348 g/mol. The first kappa shape index (κ1) is 15.9. The maximum Gasteiger partial charge on any atom is 0.412 e. The first-order valence-corrected chi connectivity index (χ1v) is 9.53. The Morgan fingerprint density at radius 1 is 0.962 bits per heavy atom. The fraction of sp³-hybridized carbons (Fsp3) is 0.409. The predicted molar refractivity (Wildman–Crippen MR) is 102 cm³/mol. The van der Waals surface area contributed by atoms with Gasteiger partial charge in [0.15, 0.2) is 0 Å². The lowest BCUT2D eigenvalue weighted by Gasteiger charge is -2.43. The Hall–Kier alpha value is -2.33. The molecule has 0 radical (unpaired) electrons. The summed E-state index contributed by atoms with van der Waals surface area (Å²) in [7, 11) is 2.22. The van der Waals surface area contributed by atoms with Gasteiger partial charge in [0.1, 0.15) is 0 Å². The molecule has 2 aromatic rings. The number of hydrogen-bond acceptors (Lipinski definition) is 2. The molecule has 1 aliphatic carbocycles. The molecule has 4 unspecified atom stereocenters. The lowest BCUT2D eigenvalue weighted by atomic mass is 9.91. The van der Waals surface area contributed by atoms with Crippen LogP contribution in [0.25, 0.3) is 11.1 Å². The van der Waals surface area contributed by atoms with Crippen molar-refractivity contribution < 1.29 is 9.90 Å². The predicted octanol–water partition coefficient (Wildman–Crippen LogP) is 4.32. The molecular weight excluding hydrogens is 324 g/mol. The number of para-hydroxylation sites is 1. The molecule has 4 atom stereocenters. The van der Waals surface area contributed by atoms with E-state index in [0.29, 0.717) is 12.1 Å². The summed E-state index contributed by atoms with van der Waals surface area (Å²) in [5, 5.41) is 10.1. The van der Waals surface area contributed by atoms with Gasteiger partial charge in [0.05, 0.1) is 5.69 Å². The number of nitrogens with zero attached hydrogens (tertiary/aromatic N) is 2. The fourth-order valence-corrected chi connectivity index (χ4v) is 5.52. The number of rotatable bonds is 3. The van der Waals surface area contributed by atoms with Crippen molar-refractivity contribution >= 4 is 11.8 Å².